The van der Waals surface area contributed by atoms with Crippen molar-refractivity contribution in [3.8, 4) is 0 Å². The molecule has 1 fully saturated rings. The number of carbonyl (C=O) groups excluding carboxylic acids is 1. The Morgan fingerprint density at radius 2 is 2.33 bits per heavy atom. The Bertz CT molecular complexity index is 340. The van der Waals surface area contributed by atoms with Crippen LogP contribution in [0.15, 0.2) is 18.3 Å². The molecule has 1 heterocycles. The number of rotatable bonds is 3. The van der Waals surface area contributed by atoms with Gasteiger partial charge in [0.05, 0.1) is 0 Å². The number of halogens is 2. The molecular weight excluding hydrogens is 202 g/mol. The summed E-state index contributed by atoms with van der Waals surface area (Å²) in [5, 5.41) is 2.62. The summed E-state index contributed by atoms with van der Waals surface area (Å²) in [6.07, 6.45) is 1.42. The maximum absolute atomic E-state index is 12.5. The van der Waals surface area contributed by atoms with Crippen molar-refractivity contribution in [3.63, 3.8) is 0 Å². The minimum Gasteiger partial charge on any atom is -0.357 e. The predicted molar refractivity (Wildman–Crippen MR) is 50.8 cm³/mol. The number of carbonyl (C=O) groups is 1. The smallest absolute Gasteiger partial charge is 0.267 e. The number of aromatic nitrogens is 1. The fourth-order valence-corrected chi connectivity index (χ4v) is 1.73. The first kappa shape index (κ1) is 10.1. The summed E-state index contributed by atoms with van der Waals surface area (Å²) in [4.78, 5) is 14.1. The summed E-state index contributed by atoms with van der Waals surface area (Å²) >= 11 is 0. The third-order valence-electron chi connectivity index (χ3n) is 2.57. The molecule has 1 aromatic heterocycles. The van der Waals surface area contributed by atoms with E-state index in [1.165, 1.54) is 0 Å². The first-order valence-electron chi connectivity index (χ1n) is 4.86. The van der Waals surface area contributed by atoms with Crippen molar-refractivity contribution in [2.24, 2.45) is 5.92 Å². The van der Waals surface area contributed by atoms with E-state index in [-0.39, 0.29) is 24.7 Å². The molecule has 0 aromatic carbocycles. The lowest BCUT2D eigenvalue weighted by Crippen LogP contribution is -2.42. The highest BCUT2D eigenvalue weighted by Crippen LogP contribution is 2.41. The van der Waals surface area contributed by atoms with Gasteiger partial charge in [-0.25, -0.2) is 8.78 Å². The lowest BCUT2D eigenvalue weighted by Gasteiger charge is -2.34. The zero-order chi connectivity index (χ0) is 10.9. The summed E-state index contributed by atoms with van der Waals surface area (Å²) in [5.41, 5.74) is 0.459. The first-order valence-corrected chi connectivity index (χ1v) is 4.86. The second-order valence-electron chi connectivity index (χ2n) is 3.92. The van der Waals surface area contributed by atoms with E-state index < -0.39 is 5.92 Å². The summed E-state index contributed by atoms with van der Waals surface area (Å²) in [5.74, 6) is -2.84. The van der Waals surface area contributed by atoms with Crippen molar-refractivity contribution < 1.29 is 13.6 Å². The Hall–Kier alpha value is -1.39. The molecule has 3 nitrogen and oxygen atoms in total. The van der Waals surface area contributed by atoms with Gasteiger partial charge in [-0.05, 0) is 18.1 Å². The third kappa shape index (κ3) is 2.34. The molecule has 1 amide bonds. The van der Waals surface area contributed by atoms with Gasteiger partial charge in [-0.15, -0.1) is 0 Å². The van der Waals surface area contributed by atoms with Gasteiger partial charge in [0.1, 0.15) is 5.69 Å². The number of nitrogens with one attached hydrogen (secondary N) is 2. The van der Waals surface area contributed by atoms with E-state index in [4.69, 9.17) is 0 Å². The highest BCUT2D eigenvalue weighted by Gasteiger charge is 2.44. The molecule has 2 rings (SSSR count). The van der Waals surface area contributed by atoms with Crippen molar-refractivity contribution in [2.75, 3.05) is 6.54 Å². The van der Waals surface area contributed by atoms with Gasteiger partial charge in [0.2, 0.25) is 5.92 Å². The molecule has 0 spiro atoms. The number of amides is 1. The van der Waals surface area contributed by atoms with E-state index in [1.807, 2.05) is 0 Å². The summed E-state index contributed by atoms with van der Waals surface area (Å²) < 4.78 is 24.9. The number of hydrogen-bond donors (Lipinski definition) is 2. The van der Waals surface area contributed by atoms with E-state index in [2.05, 4.69) is 10.3 Å². The Morgan fingerprint density at radius 1 is 1.60 bits per heavy atom. The molecule has 0 unspecified atom stereocenters. The monoisotopic (exact) mass is 214 g/mol. The van der Waals surface area contributed by atoms with E-state index in [9.17, 15) is 13.6 Å². The van der Waals surface area contributed by atoms with Gasteiger partial charge >= 0.3 is 0 Å². The zero-order valence-corrected chi connectivity index (χ0v) is 8.09. The maximum atomic E-state index is 12.5. The molecule has 1 saturated carbocycles. The highest BCUT2D eigenvalue weighted by molar-refractivity contribution is 5.92. The minimum atomic E-state index is -2.51. The Labute approximate surface area is 85.9 Å². The maximum Gasteiger partial charge on any atom is 0.267 e. The van der Waals surface area contributed by atoms with Crippen molar-refractivity contribution in [1.82, 2.24) is 10.3 Å². The standard InChI is InChI=1S/C10H12F2N2O/c11-10(12)4-7(5-10)6-14-9(15)8-2-1-3-13-8/h1-3,7,13H,4-6H2,(H,14,15). The van der Waals surface area contributed by atoms with Crippen LogP contribution in [0, 0.1) is 5.92 Å². The first-order chi connectivity index (χ1) is 7.07. The van der Waals surface area contributed by atoms with Gasteiger partial charge in [-0.2, -0.15) is 0 Å². The Kier molecular flexibility index (Phi) is 2.46. The van der Waals surface area contributed by atoms with Crippen LogP contribution in [0.2, 0.25) is 0 Å². The van der Waals surface area contributed by atoms with Crippen LogP contribution in [0.3, 0.4) is 0 Å². The minimum absolute atomic E-state index is 0.0843. The van der Waals surface area contributed by atoms with Gasteiger partial charge in [-0.1, -0.05) is 0 Å². The number of aromatic amines is 1. The molecule has 82 valence electrons. The molecule has 2 N–H and O–H groups in total. The van der Waals surface area contributed by atoms with E-state index in [0.717, 1.165) is 0 Å². The van der Waals surface area contributed by atoms with Gasteiger partial charge in [0, 0.05) is 25.6 Å². The Morgan fingerprint density at radius 3 is 2.87 bits per heavy atom. The fourth-order valence-electron chi connectivity index (χ4n) is 1.73. The molecule has 0 aliphatic heterocycles. The third-order valence-corrected chi connectivity index (χ3v) is 2.57. The topological polar surface area (TPSA) is 44.9 Å². The van der Waals surface area contributed by atoms with Crippen LogP contribution in [0.25, 0.3) is 0 Å². The van der Waals surface area contributed by atoms with Crippen LogP contribution in [-0.4, -0.2) is 23.4 Å². The normalized spacial score (nSPS) is 19.6. The van der Waals surface area contributed by atoms with Gasteiger partial charge < -0.3 is 10.3 Å². The summed E-state index contributed by atoms with van der Waals surface area (Å²) in [7, 11) is 0. The number of H-pyrrole nitrogens is 1. The second kappa shape index (κ2) is 3.64. The van der Waals surface area contributed by atoms with Crippen LogP contribution in [0.1, 0.15) is 23.3 Å². The van der Waals surface area contributed by atoms with Crippen molar-refractivity contribution >= 4 is 5.91 Å². The summed E-state index contributed by atoms with van der Waals surface area (Å²) in [6.45, 7) is 0.327. The predicted octanol–water partition coefficient (Wildman–Crippen LogP) is 1.79. The summed E-state index contributed by atoms with van der Waals surface area (Å²) in [6, 6.07) is 3.36. The van der Waals surface area contributed by atoms with E-state index in [1.54, 1.807) is 18.3 Å². The van der Waals surface area contributed by atoms with E-state index >= 15 is 0 Å². The molecule has 0 atom stereocenters. The lowest BCUT2D eigenvalue weighted by atomic mass is 9.81. The zero-order valence-electron chi connectivity index (χ0n) is 8.09. The van der Waals surface area contributed by atoms with Crippen molar-refractivity contribution in [1.29, 1.82) is 0 Å². The Balaban J connectivity index is 1.74. The molecule has 15 heavy (non-hydrogen) atoms. The lowest BCUT2D eigenvalue weighted by molar-refractivity contribution is -0.108. The average molecular weight is 214 g/mol. The molecular formula is C10H12F2N2O. The molecule has 0 bridgehead atoms. The molecule has 5 heteroatoms. The van der Waals surface area contributed by atoms with Gasteiger partial charge in [-0.3, -0.25) is 4.79 Å². The van der Waals surface area contributed by atoms with Crippen LogP contribution in [0.5, 0.6) is 0 Å². The molecule has 0 saturated heterocycles. The van der Waals surface area contributed by atoms with Gasteiger partial charge in [0.15, 0.2) is 0 Å². The van der Waals surface area contributed by atoms with Crippen LogP contribution >= 0.6 is 0 Å². The molecule has 1 aliphatic rings. The van der Waals surface area contributed by atoms with Crippen molar-refractivity contribution in [3.05, 3.63) is 24.0 Å². The fraction of sp³-hybridized carbons (Fsp3) is 0.500. The average Bonchev–Trinajstić information content (AvgIpc) is 2.63. The highest BCUT2D eigenvalue weighted by atomic mass is 19.3. The number of hydrogen-bond acceptors (Lipinski definition) is 1. The van der Waals surface area contributed by atoms with Crippen LogP contribution in [0.4, 0.5) is 8.78 Å². The molecule has 1 aliphatic carbocycles. The van der Waals surface area contributed by atoms with Crippen LogP contribution in [-0.2, 0) is 0 Å². The van der Waals surface area contributed by atoms with Gasteiger partial charge in [0.25, 0.3) is 5.91 Å². The largest absolute Gasteiger partial charge is 0.357 e. The second-order valence-corrected chi connectivity index (χ2v) is 3.92. The molecule has 0 radical (unpaired) electrons. The quantitative estimate of drug-likeness (QED) is 0.791. The molecule has 1 aromatic rings. The number of alkyl halides is 2. The van der Waals surface area contributed by atoms with E-state index in [0.29, 0.717) is 12.2 Å². The van der Waals surface area contributed by atoms with Crippen LogP contribution < -0.4 is 5.32 Å². The SMILES string of the molecule is O=C(NCC1CC(F)(F)C1)c1ccc[nH]1. The van der Waals surface area contributed by atoms with Crippen molar-refractivity contribution in [2.45, 2.75) is 18.8 Å².